The van der Waals surface area contributed by atoms with Gasteiger partial charge in [0.15, 0.2) is 11.6 Å². The first-order chi connectivity index (χ1) is 15.0. The van der Waals surface area contributed by atoms with Gasteiger partial charge in [-0.3, -0.25) is 5.32 Å². The van der Waals surface area contributed by atoms with E-state index in [-0.39, 0.29) is 68.3 Å². The van der Waals surface area contributed by atoms with E-state index < -0.39 is 41.6 Å². The molecule has 3 aliphatic rings. The molecule has 6 nitrogen and oxygen atoms in total. The van der Waals surface area contributed by atoms with Crippen molar-refractivity contribution in [1.29, 1.82) is 0 Å². The van der Waals surface area contributed by atoms with Gasteiger partial charge < -0.3 is 11.1 Å². The van der Waals surface area contributed by atoms with Gasteiger partial charge in [-0.1, -0.05) is 0 Å². The lowest BCUT2D eigenvalue weighted by Crippen LogP contribution is -2.62. The third kappa shape index (κ3) is 4.81. The molecular weight excluding hydrogens is 458 g/mol. The Labute approximate surface area is 184 Å². The quantitative estimate of drug-likeness (QED) is 0.552. The number of hydrogen-bond acceptors (Lipinski definition) is 5. The third-order valence-corrected chi connectivity index (χ3v) is 7.22. The number of rotatable bonds is 4. The monoisotopic (exact) mass is 482 g/mol. The summed E-state index contributed by atoms with van der Waals surface area (Å²) >= 11 is 0.941. The van der Waals surface area contributed by atoms with Crippen LogP contribution < -0.4 is 16.4 Å². The smallest absolute Gasteiger partial charge is 0.281 e. The maximum absolute atomic E-state index is 13.8. The average molecular weight is 482 g/mol. The summed E-state index contributed by atoms with van der Waals surface area (Å²) in [6, 6.07) is -0.392. The van der Waals surface area contributed by atoms with Gasteiger partial charge in [0.25, 0.3) is 6.43 Å². The summed E-state index contributed by atoms with van der Waals surface area (Å²) in [4.78, 5) is 12.9. The van der Waals surface area contributed by atoms with E-state index in [1.807, 2.05) is 0 Å². The van der Waals surface area contributed by atoms with Crippen molar-refractivity contribution in [2.24, 2.45) is 21.6 Å². The second kappa shape index (κ2) is 8.38. The van der Waals surface area contributed by atoms with E-state index in [9.17, 15) is 26.3 Å². The Bertz CT molecular complexity index is 883. The molecule has 0 aromatic carbocycles. The number of aromatic nitrogens is 1. The minimum absolute atomic E-state index is 0.0727. The molecule has 0 spiro atoms. The second-order valence-corrected chi connectivity index (χ2v) is 9.44. The number of halogens is 6. The molecule has 1 aromatic rings. The van der Waals surface area contributed by atoms with Crippen LogP contribution in [0.5, 0.6) is 0 Å². The van der Waals surface area contributed by atoms with Gasteiger partial charge in [-0.05, 0) is 25.7 Å². The van der Waals surface area contributed by atoms with E-state index in [4.69, 9.17) is 5.73 Å². The van der Waals surface area contributed by atoms with Crippen molar-refractivity contribution in [3.05, 3.63) is 16.1 Å². The van der Waals surface area contributed by atoms with Crippen molar-refractivity contribution in [2.45, 2.75) is 81.3 Å². The minimum atomic E-state index is -2.80. The number of aliphatic imine (C=N–C) groups is 2. The van der Waals surface area contributed by atoms with Crippen LogP contribution in [0.15, 0.2) is 15.4 Å². The van der Waals surface area contributed by atoms with Crippen molar-refractivity contribution < 1.29 is 26.3 Å². The van der Waals surface area contributed by atoms with Crippen LogP contribution in [0.3, 0.4) is 0 Å². The molecule has 0 amide bonds. The number of alkyl halides is 6. The average Bonchev–Trinajstić information content (AvgIpc) is 3.20. The van der Waals surface area contributed by atoms with Crippen LogP contribution in [0.4, 0.5) is 26.3 Å². The molecule has 1 aliphatic heterocycles. The lowest BCUT2D eigenvalue weighted by atomic mass is 9.78. The fourth-order valence-electron chi connectivity index (χ4n) is 4.47. The highest BCUT2D eigenvalue weighted by molar-refractivity contribution is 7.09. The van der Waals surface area contributed by atoms with Gasteiger partial charge in [-0.15, -0.1) is 11.3 Å². The summed E-state index contributed by atoms with van der Waals surface area (Å²) in [6.45, 7) is 0. The first-order valence-electron chi connectivity index (χ1n) is 10.5. The number of nitrogens with one attached hydrogen (secondary N) is 2. The Kier molecular flexibility index (Phi) is 6.05. The van der Waals surface area contributed by atoms with Crippen molar-refractivity contribution in [3.63, 3.8) is 0 Å². The molecule has 2 saturated carbocycles. The topological polar surface area (TPSA) is 87.7 Å². The fraction of sp³-hybridized carbons (Fsp3) is 0.737. The molecule has 1 unspecified atom stereocenters. The zero-order valence-electron chi connectivity index (χ0n) is 17.1. The minimum Gasteiger partial charge on any atom is -0.370 e. The molecule has 1 aromatic heterocycles. The van der Waals surface area contributed by atoms with Gasteiger partial charge in [0.1, 0.15) is 10.7 Å². The SMILES string of the molecule is NC1=NC(c2nc(C(F)F)cs2)(C2CCC(F)(F)CC2)NC(=NC2CCC(F)(F)CC2)N1. The molecule has 1 atom stereocenters. The summed E-state index contributed by atoms with van der Waals surface area (Å²) in [5.41, 5.74) is 4.11. The molecule has 0 bridgehead atoms. The van der Waals surface area contributed by atoms with Gasteiger partial charge in [0, 0.05) is 37.0 Å². The zero-order valence-corrected chi connectivity index (χ0v) is 17.9. The summed E-state index contributed by atoms with van der Waals surface area (Å²) in [5.74, 6) is -5.94. The van der Waals surface area contributed by atoms with E-state index in [2.05, 4.69) is 25.6 Å². The first kappa shape index (κ1) is 23.1. The van der Waals surface area contributed by atoms with Crippen LogP contribution in [-0.4, -0.2) is 34.8 Å². The predicted octanol–water partition coefficient (Wildman–Crippen LogP) is 4.50. The van der Waals surface area contributed by atoms with Crippen LogP contribution in [0, 0.1) is 5.92 Å². The number of hydrogen-bond donors (Lipinski definition) is 3. The standard InChI is InChI=1S/C19H24F6N6S/c20-13(21)12-9-32-14(28-12)19(10-1-5-17(22,23)6-2-10)30-15(26)29-16(31-19)27-11-3-7-18(24,25)8-4-11/h9-11,13H,1-8H2,(H4,26,27,29,30,31). The Morgan fingerprint density at radius 1 is 1.03 bits per heavy atom. The number of nitrogens with two attached hydrogens (primary N) is 1. The van der Waals surface area contributed by atoms with Crippen LogP contribution in [-0.2, 0) is 5.66 Å². The number of guanidine groups is 2. The maximum atomic E-state index is 13.8. The molecule has 2 heterocycles. The lowest BCUT2D eigenvalue weighted by molar-refractivity contribution is -0.0566. The van der Waals surface area contributed by atoms with Crippen molar-refractivity contribution in [2.75, 3.05) is 0 Å². The van der Waals surface area contributed by atoms with E-state index in [0.29, 0.717) is 0 Å². The number of thiazole rings is 1. The van der Waals surface area contributed by atoms with Crippen LogP contribution in [0.25, 0.3) is 0 Å². The molecule has 2 aliphatic carbocycles. The van der Waals surface area contributed by atoms with E-state index in [1.54, 1.807) is 0 Å². The number of nitrogens with zero attached hydrogens (tertiary/aromatic N) is 3. The van der Waals surface area contributed by atoms with E-state index >= 15 is 0 Å². The Balaban J connectivity index is 1.67. The Morgan fingerprint density at radius 3 is 2.19 bits per heavy atom. The molecular formula is C19H24F6N6S. The first-order valence-corrected chi connectivity index (χ1v) is 11.3. The molecule has 4 rings (SSSR count). The van der Waals surface area contributed by atoms with Crippen LogP contribution >= 0.6 is 11.3 Å². The highest BCUT2D eigenvalue weighted by atomic mass is 32.1. The summed E-state index contributed by atoms with van der Waals surface area (Å²) in [5, 5.41) is 7.21. The van der Waals surface area contributed by atoms with Gasteiger partial charge >= 0.3 is 0 Å². The molecule has 32 heavy (non-hydrogen) atoms. The van der Waals surface area contributed by atoms with Crippen molar-refractivity contribution >= 4 is 23.3 Å². The largest absolute Gasteiger partial charge is 0.370 e. The fourth-order valence-corrected chi connectivity index (χ4v) is 5.46. The van der Waals surface area contributed by atoms with Crippen molar-refractivity contribution in [1.82, 2.24) is 15.6 Å². The molecule has 4 N–H and O–H groups in total. The lowest BCUT2D eigenvalue weighted by Gasteiger charge is -2.43. The van der Waals surface area contributed by atoms with Gasteiger partial charge in [-0.2, -0.15) is 0 Å². The molecule has 0 saturated heterocycles. The maximum Gasteiger partial charge on any atom is 0.281 e. The van der Waals surface area contributed by atoms with Crippen molar-refractivity contribution in [3.8, 4) is 0 Å². The Morgan fingerprint density at radius 2 is 1.62 bits per heavy atom. The van der Waals surface area contributed by atoms with Gasteiger partial charge in [-0.25, -0.2) is 41.3 Å². The third-order valence-electron chi connectivity index (χ3n) is 6.23. The van der Waals surface area contributed by atoms with Crippen LogP contribution in [0.1, 0.15) is 68.5 Å². The second-order valence-electron chi connectivity index (χ2n) is 8.59. The zero-order chi connectivity index (χ0) is 23.1. The summed E-state index contributed by atoms with van der Waals surface area (Å²) in [7, 11) is 0. The Hall–Kier alpha value is -2.05. The molecule has 0 radical (unpaired) electrons. The summed E-state index contributed by atoms with van der Waals surface area (Å²) < 4.78 is 81.0. The van der Waals surface area contributed by atoms with E-state index in [0.717, 1.165) is 11.3 Å². The predicted molar refractivity (Wildman–Crippen MR) is 108 cm³/mol. The molecule has 178 valence electrons. The summed E-state index contributed by atoms with van der Waals surface area (Å²) in [6.07, 6.45) is -3.63. The van der Waals surface area contributed by atoms with Gasteiger partial charge in [0.05, 0.1) is 6.04 Å². The molecule has 2 fully saturated rings. The highest BCUT2D eigenvalue weighted by Crippen LogP contribution is 2.46. The van der Waals surface area contributed by atoms with Gasteiger partial charge in [0.2, 0.25) is 17.8 Å². The molecule has 13 heteroatoms. The van der Waals surface area contributed by atoms with Crippen LogP contribution in [0.2, 0.25) is 0 Å². The highest BCUT2D eigenvalue weighted by Gasteiger charge is 2.50. The normalized spacial score (nSPS) is 30.1. The van der Waals surface area contributed by atoms with E-state index in [1.165, 1.54) is 5.38 Å².